The van der Waals surface area contributed by atoms with Crippen LogP contribution in [0.15, 0.2) is 48.7 Å². The Hall–Kier alpha value is -3.55. The summed E-state index contributed by atoms with van der Waals surface area (Å²) in [4.78, 5) is 21.2. The molecule has 1 aromatic carbocycles. The topological polar surface area (TPSA) is 75.5 Å². The Bertz CT molecular complexity index is 1010. The van der Waals surface area contributed by atoms with Crippen LogP contribution in [0.4, 0.5) is 16.2 Å². The maximum Gasteiger partial charge on any atom is 0.321 e. The molecule has 0 bridgehead atoms. The number of hydrogen-bond acceptors (Lipinski definition) is 5. The molecule has 1 fully saturated rings. The van der Waals surface area contributed by atoms with Gasteiger partial charge < -0.3 is 19.9 Å². The van der Waals surface area contributed by atoms with Crippen molar-refractivity contribution < 1.29 is 9.53 Å². The van der Waals surface area contributed by atoms with Crippen LogP contribution in [0.3, 0.4) is 0 Å². The molecule has 8 nitrogen and oxygen atoms in total. The van der Waals surface area contributed by atoms with Crippen LogP contribution in [0.1, 0.15) is 11.4 Å². The number of piperazine rings is 1. The average Bonchev–Trinajstić information content (AvgIpc) is 3.09. The smallest absolute Gasteiger partial charge is 0.321 e. The normalized spacial score (nSPS) is 14.0. The van der Waals surface area contributed by atoms with Gasteiger partial charge in [-0.15, -0.1) is 0 Å². The average molecular weight is 406 g/mol. The van der Waals surface area contributed by atoms with Gasteiger partial charge in [0.1, 0.15) is 5.75 Å². The molecule has 2 aromatic heterocycles. The predicted molar refractivity (Wildman–Crippen MR) is 117 cm³/mol. The fourth-order valence-electron chi connectivity index (χ4n) is 3.80. The van der Waals surface area contributed by atoms with Crippen molar-refractivity contribution in [3.63, 3.8) is 0 Å². The lowest BCUT2D eigenvalue weighted by Crippen LogP contribution is -2.50. The number of carbonyl (C=O) groups excluding carboxylic acids is 1. The summed E-state index contributed by atoms with van der Waals surface area (Å²) < 4.78 is 7.04. The molecule has 0 atom stereocenters. The monoisotopic (exact) mass is 406 g/mol. The van der Waals surface area contributed by atoms with Crippen LogP contribution in [-0.2, 0) is 0 Å². The molecular weight excluding hydrogens is 380 g/mol. The second-order valence-corrected chi connectivity index (χ2v) is 7.25. The second-order valence-electron chi connectivity index (χ2n) is 7.25. The number of nitrogens with zero attached hydrogens (tertiary/aromatic N) is 5. The Kier molecular flexibility index (Phi) is 5.56. The zero-order chi connectivity index (χ0) is 21.1. The van der Waals surface area contributed by atoms with Gasteiger partial charge in [0.05, 0.1) is 24.2 Å². The van der Waals surface area contributed by atoms with Crippen LogP contribution in [0.5, 0.6) is 5.75 Å². The first-order valence-electron chi connectivity index (χ1n) is 9.99. The summed E-state index contributed by atoms with van der Waals surface area (Å²) in [5, 5.41) is 7.64. The molecule has 2 amide bonds. The van der Waals surface area contributed by atoms with Crippen molar-refractivity contribution in [2.24, 2.45) is 0 Å². The van der Waals surface area contributed by atoms with E-state index in [-0.39, 0.29) is 6.03 Å². The summed E-state index contributed by atoms with van der Waals surface area (Å²) in [6.07, 6.45) is 1.77. The third kappa shape index (κ3) is 3.94. The highest BCUT2D eigenvalue weighted by atomic mass is 16.5. The number of pyridine rings is 1. The summed E-state index contributed by atoms with van der Waals surface area (Å²) >= 11 is 0. The highest BCUT2D eigenvalue weighted by Gasteiger charge is 2.25. The molecule has 0 unspecified atom stereocenters. The Morgan fingerprint density at radius 3 is 2.40 bits per heavy atom. The van der Waals surface area contributed by atoms with E-state index in [9.17, 15) is 4.79 Å². The summed E-state index contributed by atoms with van der Waals surface area (Å²) in [6, 6.07) is 13.1. The molecule has 4 rings (SSSR count). The molecule has 0 aliphatic carbocycles. The minimum atomic E-state index is -0.0857. The van der Waals surface area contributed by atoms with Gasteiger partial charge in [-0.25, -0.2) is 14.5 Å². The van der Waals surface area contributed by atoms with E-state index < -0.39 is 0 Å². The van der Waals surface area contributed by atoms with Crippen LogP contribution in [0, 0.1) is 13.8 Å². The third-order valence-corrected chi connectivity index (χ3v) is 5.34. The van der Waals surface area contributed by atoms with Crippen LogP contribution >= 0.6 is 0 Å². The maximum absolute atomic E-state index is 12.6. The van der Waals surface area contributed by atoms with Gasteiger partial charge in [0.2, 0.25) is 0 Å². The number of methoxy groups -OCH3 is 1. The molecule has 3 aromatic rings. The molecule has 1 saturated heterocycles. The first-order valence-corrected chi connectivity index (χ1v) is 9.99. The van der Waals surface area contributed by atoms with Crippen molar-refractivity contribution in [1.29, 1.82) is 0 Å². The number of anilines is 2. The fraction of sp³-hybridized carbons (Fsp3) is 0.318. The minimum Gasteiger partial charge on any atom is -0.497 e. The number of ether oxygens (including phenoxy) is 1. The largest absolute Gasteiger partial charge is 0.497 e. The second kappa shape index (κ2) is 8.44. The van der Waals surface area contributed by atoms with Gasteiger partial charge in [-0.1, -0.05) is 6.07 Å². The molecule has 30 heavy (non-hydrogen) atoms. The van der Waals surface area contributed by atoms with Gasteiger partial charge in [-0.2, -0.15) is 5.10 Å². The molecule has 0 saturated carbocycles. The SMILES string of the molecule is COc1ccc(NC(=O)N2CCN(c3c(C)nn(-c4ccccn4)c3C)CC2)cc1. The van der Waals surface area contributed by atoms with Gasteiger partial charge in [0, 0.05) is 38.1 Å². The van der Waals surface area contributed by atoms with E-state index in [4.69, 9.17) is 4.74 Å². The highest BCUT2D eigenvalue weighted by molar-refractivity contribution is 5.89. The van der Waals surface area contributed by atoms with E-state index in [1.54, 1.807) is 13.3 Å². The lowest BCUT2D eigenvalue weighted by Gasteiger charge is -2.36. The molecule has 1 aliphatic rings. The number of carbonyl (C=O) groups is 1. The van der Waals surface area contributed by atoms with Gasteiger partial charge >= 0.3 is 6.03 Å². The van der Waals surface area contributed by atoms with Gasteiger partial charge in [-0.3, -0.25) is 0 Å². The molecular formula is C22H26N6O2. The number of aromatic nitrogens is 3. The van der Waals surface area contributed by atoms with E-state index in [1.165, 1.54) is 0 Å². The van der Waals surface area contributed by atoms with E-state index in [1.807, 2.05) is 59.0 Å². The van der Waals surface area contributed by atoms with Crippen LogP contribution < -0.4 is 15.0 Å². The molecule has 1 aliphatic heterocycles. The van der Waals surface area contributed by atoms with Crippen LogP contribution in [0.25, 0.3) is 5.82 Å². The minimum absolute atomic E-state index is 0.0857. The molecule has 0 radical (unpaired) electrons. The standard InChI is InChI=1S/C22H26N6O2/c1-16-21(17(2)28(25-16)20-6-4-5-11-23-20)26-12-14-27(15-13-26)22(29)24-18-7-9-19(30-3)10-8-18/h4-11H,12-15H2,1-3H3,(H,24,29). The van der Waals surface area contributed by atoms with E-state index in [2.05, 4.69) is 27.2 Å². The van der Waals surface area contributed by atoms with Crippen molar-refractivity contribution >= 4 is 17.4 Å². The van der Waals surface area contributed by atoms with Crippen molar-refractivity contribution in [2.45, 2.75) is 13.8 Å². The number of hydrogen-bond donors (Lipinski definition) is 1. The zero-order valence-corrected chi connectivity index (χ0v) is 17.5. The van der Waals surface area contributed by atoms with Crippen LogP contribution in [-0.4, -0.2) is 59.0 Å². The van der Waals surface area contributed by atoms with Crippen molar-refractivity contribution in [1.82, 2.24) is 19.7 Å². The van der Waals surface area contributed by atoms with Crippen molar-refractivity contribution in [3.8, 4) is 11.6 Å². The molecule has 3 heterocycles. The van der Waals surface area contributed by atoms with E-state index in [0.29, 0.717) is 13.1 Å². The third-order valence-electron chi connectivity index (χ3n) is 5.34. The van der Waals surface area contributed by atoms with E-state index >= 15 is 0 Å². The Balaban J connectivity index is 1.41. The molecule has 1 N–H and O–H groups in total. The van der Waals surface area contributed by atoms with Crippen LogP contribution in [0.2, 0.25) is 0 Å². The summed E-state index contributed by atoms with van der Waals surface area (Å²) in [7, 11) is 1.62. The molecule has 8 heteroatoms. The Morgan fingerprint density at radius 1 is 1.03 bits per heavy atom. The molecule has 156 valence electrons. The Labute approximate surface area is 176 Å². The van der Waals surface area contributed by atoms with Crippen molar-refractivity contribution in [3.05, 3.63) is 60.0 Å². The van der Waals surface area contributed by atoms with Gasteiger partial charge in [0.15, 0.2) is 5.82 Å². The Morgan fingerprint density at radius 2 is 1.77 bits per heavy atom. The molecule has 0 spiro atoms. The summed E-state index contributed by atoms with van der Waals surface area (Å²) in [6.45, 7) is 6.89. The number of urea groups is 1. The lowest BCUT2D eigenvalue weighted by atomic mass is 10.2. The predicted octanol–water partition coefficient (Wildman–Crippen LogP) is 3.25. The summed E-state index contributed by atoms with van der Waals surface area (Å²) in [5.74, 6) is 1.57. The maximum atomic E-state index is 12.6. The number of aryl methyl sites for hydroxylation is 1. The quantitative estimate of drug-likeness (QED) is 0.720. The number of amides is 2. The first-order chi connectivity index (χ1) is 14.6. The number of rotatable bonds is 4. The number of nitrogens with one attached hydrogen (secondary N) is 1. The van der Waals surface area contributed by atoms with Crippen molar-refractivity contribution in [2.75, 3.05) is 43.5 Å². The van der Waals surface area contributed by atoms with Gasteiger partial charge in [-0.05, 0) is 50.2 Å². The first kappa shape index (κ1) is 19.8. The highest BCUT2D eigenvalue weighted by Crippen LogP contribution is 2.27. The fourth-order valence-corrected chi connectivity index (χ4v) is 3.80. The summed E-state index contributed by atoms with van der Waals surface area (Å²) in [5.41, 5.74) is 3.90. The van der Waals surface area contributed by atoms with Gasteiger partial charge in [0.25, 0.3) is 0 Å². The van der Waals surface area contributed by atoms with E-state index in [0.717, 1.165) is 47.4 Å². The zero-order valence-electron chi connectivity index (χ0n) is 17.5. The lowest BCUT2D eigenvalue weighted by molar-refractivity contribution is 0.208. The number of benzene rings is 1.